The van der Waals surface area contributed by atoms with Gasteiger partial charge in [-0.05, 0) is 43.7 Å². The van der Waals surface area contributed by atoms with Crippen molar-refractivity contribution >= 4 is 5.69 Å². The molecule has 0 bridgehead atoms. The van der Waals surface area contributed by atoms with Gasteiger partial charge in [-0.2, -0.15) is 0 Å². The first-order valence-electron chi connectivity index (χ1n) is 5.83. The Morgan fingerprint density at radius 2 is 1.81 bits per heavy atom. The Labute approximate surface area is 98.2 Å². The Morgan fingerprint density at radius 3 is 2.38 bits per heavy atom. The van der Waals surface area contributed by atoms with Crippen molar-refractivity contribution in [3.63, 3.8) is 0 Å². The maximum Gasteiger partial charge on any atom is 0.119 e. The Kier molecular flexibility index (Phi) is 5.72. The molecule has 16 heavy (non-hydrogen) atoms. The lowest BCUT2D eigenvalue weighted by molar-refractivity contribution is 0.415. The fourth-order valence-electron chi connectivity index (χ4n) is 1.64. The lowest BCUT2D eigenvalue weighted by atomic mass is 10.2. The molecule has 0 aliphatic heterocycles. The number of benzene rings is 1. The molecule has 0 spiro atoms. The Bertz CT molecular complexity index is 284. The monoisotopic (exact) mass is 222 g/mol. The van der Waals surface area contributed by atoms with Crippen LogP contribution in [0.2, 0.25) is 0 Å². The van der Waals surface area contributed by atoms with E-state index in [2.05, 4.69) is 24.1 Å². The van der Waals surface area contributed by atoms with Crippen LogP contribution in [-0.2, 0) is 0 Å². The van der Waals surface area contributed by atoms with Gasteiger partial charge in [-0.25, -0.2) is 0 Å². The fraction of sp³-hybridized carbons (Fsp3) is 0.538. The Hall–Kier alpha value is -1.22. The topological polar surface area (TPSA) is 38.5 Å². The molecule has 2 N–H and O–H groups in total. The number of unbranched alkanes of at least 4 members (excludes halogenated alkanes) is 2. The number of hydrogen-bond donors (Lipinski definition) is 1. The first kappa shape index (κ1) is 12.8. The van der Waals surface area contributed by atoms with E-state index in [1.807, 2.05) is 12.1 Å². The number of ether oxygens (including phenoxy) is 1. The molecule has 0 heterocycles. The molecule has 90 valence electrons. The van der Waals surface area contributed by atoms with Crippen molar-refractivity contribution in [3.8, 4) is 5.75 Å². The first-order valence-corrected chi connectivity index (χ1v) is 5.83. The van der Waals surface area contributed by atoms with Gasteiger partial charge in [0.25, 0.3) is 0 Å². The predicted octanol–water partition coefficient (Wildman–Crippen LogP) is 2.26. The maximum atomic E-state index is 5.46. The third-order valence-electron chi connectivity index (χ3n) is 2.71. The van der Waals surface area contributed by atoms with E-state index in [0.717, 1.165) is 25.3 Å². The first-order chi connectivity index (χ1) is 7.77. The molecule has 1 aromatic carbocycles. The normalized spacial score (nSPS) is 10.2. The molecule has 0 aromatic heterocycles. The second-order valence-electron chi connectivity index (χ2n) is 3.97. The summed E-state index contributed by atoms with van der Waals surface area (Å²) in [6.45, 7) is 1.87. The summed E-state index contributed by atoms with van der Waals surface area (Å²) in [5, 5.41) is 0. The average Bonchev–Trinajstić information content (AvgIpc) is 2.34. The quantitative estimate of drug-likeness (QED) is 0.719. The molecule has 3 nitrogen and oxygen atoms in total. The lowest BCUT2D eigenvalue weighted by Crippen LogP contribution is -2.18. The molecule has 0 saturated heterocycles. The van der Waals surface area contributed by atoms with Gasteiger partial charge in [0.15, 0.2) is 0 Å². The second-order valence-corrected chi connectivity index (χ2v) is 3.97. The second kappa shape index (κ2) is 7.12. The number of hydrogen-bond acceptors (Lipinski definition) is 3. The zero-order valence-corrected chi connectivity index (χ0v) is 10.3. The highest BCUT2D eigenvalue weighted by atomic mass is 16.5. The van der Waals surface area contributed by atoms with Crippen LogP contribution in [0.15, 0.2) is 24.3 Å². The molecule has 0 aliphatic rings. The van der Waals surface area contributed by atoms with Gasteiger partial charge in [0, 0.05) is 19.3 Å². The number of rotatable bonds is 7. The number of anilines is 1. The van der Waals surface area contributed by atoms with Gasteiger partial charge < -0.3 is 15.4 Å². The largest absolute Gasteiger partial charge is 0.497 e. The smallest absolute Gasteiger partial charge is 0.119 e. The van der Waals surface area contributed by atoms with E-state index in [4.69, 9.17) is 10.5 Å². The summed E-state index contributed by atoms with van der Waals surface area (Å²) in [5.41, 5.74) is 6.69. The van der Waals surface area contributed by atoms with Crippen molar-refractivity contribution in [1.29, 1.82) is 0 Å². The molecule has 0 atom stereocenters. The Morgan fingerprint density at radius 1 is 1.12 bits per heavy atom. The van der Waals surface area contributed by atoms with Crippen molar-refractivity contribution in [2.75, 3.05) is 32.1 Å². The van der Waals surface area contributed by atoms with E-state index >= 15 is 0 Å². The van der Waals surface area contributed by atoms with Crippen molar-refractivity contribution in [3.05, 3.63) is 24.3 Å². The molecule has 3 heteroatoms. The molecular formula is C13H22N2O. The van der Waals surface area contributed by atoms with Crippen LogP contribution < -0.4 is 15.4 Å². The van der Waals surface area contributed by atoms with Crippen molar-refractivity contribution in [2.24, 2.45) is 5.73 Å². The van der Waals surface area contributed by atoms with Crippen molar-refractivity contribution < 1.29 is 4.74 Å². The molecular weight excluding hydrogens is 200 g/mol. The number of nitrogens with zero attached hydrogens (tertiary/aromatic N) is 1. The molecule has 1 rings (SSSR count). The summed E-state index contributed by atoms with van der Waals surface area (Å²) in [4.78, 5) is 2.26. The van der Waals surface area contributed by atoms with Gasteiger partial charge in [0.2, 0.25) is 0 Å². The summed E-state index contributed by atoms with van der Waals surface area (Å²) in [7, 11) is 3.80. The lowest BCUT2D eigenvalue weighted by Gasteiger charge is -2.19. The summed E-state index contributed by atoms with van der Waals surface area (Å²) in [5.74, 6) is 0.903. The van der Waals surface area contributed by atoms with Gasteiger partial charge >= 0.3 is 0 Å². The van der Waals surface area contributed by atoms with Gasteiger partial charge in [0.05, 0.1) is 7.11 Å². The summed E-state index contributed by atoms with van der Waals surface area (Å²) < 4.78 is 5.13. The zero-order chi connectivity index (χ0) is 11.8. The van der Waals surface area contributed by atoms with E-state index < -0.39 is 0 Å². The summed E-state index contributed by atoms with van der Waals surface area (Å²) in [6.07, 6.45) is 3.52. The summed E-state index contributed by atoms with van der Waals surface area (Å²) >= 11 is 0. The number of methoxy groups -OCH3 is 1. The van der Waals surface area contributed by atoms with Crippen LogP contribution in [0.3, 0.4) is 0 Å². The number of nitrogens with two attached hydrogens (primary N) is 1. The SMILES string of the molecule is COc1ccc(N(C)CCCCCN)cc1. The van der Waals surface area contributed by atoms with Crippen LogP contribution in [0.4, 0.5) is 5.69 Å². The van der Waals surface area contributed by atoms with E-state index in [0.29, 0.717) is 0 Å². The highest BCUT2D eigenvalue weighted by Crippen LogP contribution is 2.18. The minimum Gasteiger partial charge on any atom is -0.497 e. The van der Waals surface area contributed by atoms with Gasteiger partial charge in [-0.15, -0.1) is 0 Å². The van der Waals surface area contributed by atoms with E-state index in [9.17, 15) is 0 Å². The van der Waals surface area contributed by atoms with Crippen LogP contribution in [0.1, 0.15) is 19.3 Å². The van der Waals surface area contributed by atoms with Crippen molar-refractivity contribution in [2.45, 2.75) is 19.3 Å². The molecule has 0 aliphatic carbocycles. The van der Waals surface area contributed by atoms with Crippen molar-refractivity contribution in [1.82, 2.24) is 0 Å². The Balaban J connectivity index is 2.37. The third-order valence-corrected chi connectivity index (χ3v) is 2.71. The van der Waals surface area contributed by atoms with Crippen LogP contribution >= 0.6 is 0 Å². The maximum absolute atomic E-state index is 5.46. The minimum atomic E-state index is 0.798. The molecule has 0 amide bonds. The molecule has 0 saturated carbocycles. The third kappa shape index (κ3) is 4.11. The highest BCUT2D eigenvalue weighted by Gasteiger charge is 2.00. The molecule has 0 fully saturated rings. The fourth-order valence-corrected chi connectivity index (χ4v) is 1.64. The molecule has 0 radical (unpaired) electrons. The van der Waals surface area contributed by atoms with Gasteiger partial charge in [-0.1, -0.05) is 6.42 Å². The van der Waals surface area contributed by atoms with E-state index in [-0.39, 0.29) is 0 Å². The average molecular weight is 222 g/mol. The molecule has 0 unspecified atom stereocenters. The predicted molar refractivity (Wildman–Crippen MR) is 69.2 cm³/mol. The van der Waals surface area contributed by atoms with Gasteiger partial charge in [0.1, 0.15) is 5.75 Å². The van der Waals surface area contributed by atoms with E-state index in [1.165, 1.54) is 18.5 Å². The summed E-state index contributed by atoms with van der Waals surface area (Å²) in [6, 6.07) is 8.15. The van der Waals surface area contributed by atoms with Crippen LogP contribution in [0.25, 0.3) is 0 Å². The highest BCUT2D eigenvalue weighted by molar-refractivity contribution is 5.48. The van der Waals surface area contributed by atoms with Crippen LogP contribution in [0, 0.1) is 0 Å². The van der Waals surface area contributed by atoms with E-state index in [1.54, 1.807) is 7.11 Å². The standard InChI is InChI=1S/C13H22N2O/c1-15(11-5-3-4-10-14)12-6-8-13(16-2)9-7-12/h6-9H,3-5,10-11,14H2,1-2H3. The zero-order valence-electron chi connectivity index (χ0n) is 10.3. The van der Waals surface area contributed by atoms with Crippen LogP contribution in [0.5, 0.6) is 5.75 Å². The van der Waals surface area contributed by atoms with Gasteiger partial charge in [-0.3, -0.25) is 0 Å². The van der Waals surface area contributed by atoms with Crippen LogP contribution in [-0.4, -0.2) is 27.2 Å². The minimum absolute atomic E-state index is 0.798. The molecule has 1 aromatic rings.